The van der Waals surface area contributed by atoms with Crippen LogP contribution in [0.4, 0.5) is 11.4 Å². The Labute approximate surface area is 150 Å². The maximum atomic E-state index is 11.8. The SMILES string of the molecule is C[C@@H]1Oc2ccc(N[C@@H](C)c3nnc(-c4ccccc4)o3)cc2NC1=O. The molecule has 2 atom stereocenters. The Morgan fingerprint density at radius 3 is 2.77 bits per heavy atom. The monoisotopic (exact) mass is 350 g/mol. The van der Waals surface area contributed by atoms with Crippen LogP contribution >= 0.6 is 0 Å². The van der Waals surface area contributed by atoms with Crippen molar-refractivity contribution in [1.82, 2.24) is 10.2 Å². The van der Waals surface area contributed by atoms with Crippen LogP contribution < -0.4 is 15.4 Å². The summed E-state index contributed by atoms with van der Waals surface area (Å²) in [7, 11) is 0. The van der Waals surface area contributed by atoms with Crippen molar-refractivity contribution in [3.05, 3.63) is 54.4 Å². The second kappa shape index (κ2) is 6.51. The number of nitrogens with one attached hydrogen (secondary N) is 2. The Kier molecular flexibility index (Phi) is 4.04. The molecule has 1 aromatic heterocycles. The average Bonchev–Trinajstić information content (AvgIpc) is 3.14. The van der Waals surface area contributed by atoms with Gasteiger partial charge in [-0.1, -0.05) is 18.2 Å². The minimum absolute atomic E-state index is 0.160. The van der Waals surface area contributed by atoms with Crippen molar-refractivity contribution in [2.45, 2.75) is 26.0 Å². The van der Waals surface area contributed by atoms with Crippen molar-refractivity contribution in [2.24, 2.45) is 0 Å². The van der Waals surface area contributed by atoms with Crippen molar-refractivity contribution in [3.63, 3.8) is 0 Å². The van der Waals surface area contributed by atoms with Gasteiger partial charge in [0.15, 0.2) is 6.10 Å². The van der Waals surface area contributed by atoms with E-state index in [9.17, 15) is 4.79 Å². The molecule has 0 unspecified atom stereocenters. The number of amides is 1. The molecule has 2 N–H and O–H groups in total. The van der Waals surface area contributed by atoms with Gasteiger partial charge in [0.2, 0.25) is 11.8 Å². The fraction of sp³-hybridized carbons (Fsp3) is 0.211. The van der Waals surface area contributed by atoms with Gasteiger partial charge in [0.05, 0.1) is 5.69 Å². The molecule has 4 rings (SSSR count). The van der Waals surface area contributed by atoms with Gasteiger partial charge in [-0.15, -0.1) is 10.2 Å². The number of carbonyl (C=O) groups excluding carboxylic acids is 1. The predicted molar refractivity (Wildman–Crippen MR) is 96.9 cm³/mol. The van der Waals surface area contributed by atoms with Gasteiger partial charge in [0, 0.05) is 11.3 Å². The maximum Gasteiger partial charge on any atom is 0.265 e. The first kappa shape index (κ1) is 16.1. The van der Waals surface area contributed by atoms with Crippen molar-refractivity contribution in [3.8, 4) is 17.2 Å². The van der Waals surface area contributed by atoms with Crippen molar-refractivity contribution < 1.29 is 13.9 Å². The average molecular weight is 350 g/mol. The Bertz CT molecular complexity index is 939. The van der Waals surface area contributed by atoms with Crippen LogP contribution in [0.5, 0.6) is 5.75 Å². The molecule has 7 heteroatoms. The van der Waals surface area contributed by atoms with Crippen LogP contribution in [0.3, 0.4) is 0 Å². The van der Waals surface area contributed by atoms with E-state index in [1.165, 1.54) is 0 Å². The molecule has 132 valence electrons. The van der Waals surface area contributed by atoms with E-state index in [0.29, 0.717) is 23.2 Å². The first-order valence-electron chi connectivity index (χ1n) is 8.37. The van der Waals surface area contributed by atoms with E-state index in [0.717, 1.165) is 11.3 Å². The summed E-state index contributed by atoms with van der Waals surface area (Å²) in [6.45, 7) is 3.64. The molecule has 0 saturated heterocycles. The molecule has 2 heterocycles. The summed E-state index contributed by atoms with van der Waals surface area (Å²) >= 11 is 0. The minimum atomic E-state index is -0.491. The van der Waals surface area contributed by atoms with Gasteiger partial charge in [0.1, 0.15) is 11.8 Å². The summed E-state index contributed by atoms with van der Waals surface area (Å²) in [5.74, 6) is 1.45. The maximum absolute atomic E-state index is 11.8. The Hall–Kier alpha value is -3.35. The smallest absolute Gasteiger partial charge is 0.265 e. The molecule has 0 bridgehead atoms. The van der Waals surface area contributed by atoms with E-state index in [1.807, 2.05) is 55.5 Å². The van der Waals surface area contributed by atoms with Gasteiger partial charge < -0.3 is 19.8 Å². The lowest BCUT2D eigenvalue weighted by Gasteiger charge is -2.24. The number of carbonyl (C=O) groups is 1. The molecule has 0 spiro atoms. The number of hydrogen-bond acceptors (Lipinski definition) is 6. The van der Waals surface area contributed by atoms with Crippen LogP contribution in [-0.2, 0) is 4.79 Å². The number of anilines is 2. The number of ether oxygens (including phenoxy) is 1. The first-order chi connectivity index (χ1) is 12.6. The van der Waals surface area contributed by atoms with Crippen LogP contribution in [0.2, 0.25) is 0 Å². The molecule has 0 aliphatic carbocycles. The molecule has 0 saturated carbocycles. The molecule has 1 amide bonds. The highest BCUT2D eigenvalue weighted by molar-refractivity contribution is 5.98. The fourth-order valence-electron chi connectivity index (χ4n) is 2.72. The zero-order valence-electron chi connectivity index (χ0n) is 14.4. The van der Waals surface area contributed by atoms with E-state index in [4.69, 9.17) is 9.15 Å². The van der Waals surface area contributed by atoms with Crippen molar-refractivity contribution in [1.29, 1.82) is 0 Å². The number of hydrogen-bond donors (Lipinski definition) is 2. The molecule has 26 heavy (non-hydrogen) atoms. The lowest BCUT2D eigenvalue weighted by molar-refractivity contribution is -0.122. The lowest BCUT2D eigenvalue weighted by atomic mass is 10.2. The molecule has 2 aromatic carbocycles. The highest BCUT2D eigenvalue weighted by atomic mass is 16.5. The highest BCUT2D eigenvalue weighted by Gasteiger charge is 2.24. The second-order valence-electron chi connectivity index (χ2n) is 6.14. The molecular formula is C19H18N4O3. The minimum Gasteiger partial charge on any atom is -0.479 e. The van der Waals surface area contributed by atoms with E-state index in [2.05, 4.69) is 20.8 Å². The number of rotatable bonds is 4. The third-order valence-electron chi connectivity index (χ3n) is 4.13. The third kappa shape index (κ3) is 3.11. The van der Waals surface area contributed by atoms with Crippen LogP contribution in [-0.4, -0.2) is 22.2 Å². The molecule has 0 fully saturated rings. The van der Waals surface area contributed by atoms with E-state index < -0.39 is 6.10 Å². The quantitative estimate of drug-likeness (QED) is 0.747. The van der Waals surface area contributed by atoms with Crippen LogP contribution in [0.15, 0.2) is 52.9 Å². The Morgan fingerprint density at radius 1 is 1.15 bits per heavy atom. The van der Waals surface area contributed by atoms with Gasteiger partial charge in [0.25, 0.3) is 5.91 Å². The summed E-state index contributed by atoms with van der Waals surface area (Å²) in [6, 6.07) is 14.9. The molecule has 1 aliphatic rings. The number of aromatic nitrogens is 2. The van der Waals surface area contributed by atoms with Gasteiger partial charge in [-0.3, -0.25) is 4.79 Å². The van der Waals surface area contributed by atoms with Gasteiger partial charge in [-0.2, -0.15) is 0 Å². The highest BCUT2D eigenvalue weighted by Crippen LogP contribution is 2.33. The normalized spacial score (nSPS) is 17.0. The van der Waals surface area contributed by atoms with Crippen LogP contribution in [0.25, 0.3) is 11.5 Å². The van der Waals surface area contributed by atoms with Crippen LogP contribution in [0, 0.1) is 0 Å². The van der Waals surface area contributed by atoms with Gasteiger partial charge >= 0.3 is 0 Å². The summed E-state index contributed by atoms with van der Waals surface area (Å²) in [5.41, 5.74) is 2.33. The fourth-order valence-corrected chi connectivity index (χ4v) is 2.72. The standard InChI is InChI=1S/C19H18N4O3/c1-11(18-22-23-19(26-18)13-6-4-3-5-7-13)20-14-8-9-16-15(10-14)21-17(24)12(2)25-16/h3-12,20H,1-2H3,(H,21,24)/t11-,12-/m0/s1. The van der Waals surface area contributed by atoms with E-state index in [-0.39, 0.29) is 11.9 Å². The molecule has 3 aromatic rings. The number of benzene rings is 2. The van der Waals surface area contributed by atoms with Gasteiger partial charge in [-0.05, 0) is 44.2 Å². The predicted octanol–water partition coefficient (Wildman–Crippen LogP) is 3.63. The van der Waals surface area contributed by atoms with Crippen molar-refractivity contribution in [2.75, 3.05) is 10.6 Å². The topological polar surface area (TPSA) is 89.3 Å². The van der Waals surface area contributed by atoms with E-state index in [1.54, 1.807) is 6.92 Å². The van der Waals surface area contributed by atoms with E-state index >= 15 is 0 Å². The number of nitrogens with zero attached hydrogens (tertiary/aromatic N) is 2. The second-order valence-corrected chi connectivity index (χ2v) is 6.14. The summed E-state index contributed by atoms with van der Waals surface area (Å²) in [4.78, 5) is 11.8. The van der Waals surface area contributed by atoms with Crippen molar-refractivity contribution >= 4 is 17.3 Å². The van der Waals surface area contributed by atoms with Gasteiger partial charge in [-0.25, -0.2) is 0 Å². The summed E-state index contributed by atoms with van der Waals surface area (Å²) in [6.07, 6.45) is -0.491. The molecule has 7 nitrogen and oxygen atoms in total. The summed E-state index contributed by atoms with van der Waals surface area (Å²) < 4.78 is 11.3. The molecule has 1 aliphatic heterocycles. The molecule has 0 radical (unpaired) electrons. The Balaban J connectivity index is 1.50. The van der Waals surface area contributed by atoms with Crippen LogP contribution in [0.1, 0.15) is 25.8 Å². The summed E-state index contributed by atoms with van der Waals surface area (Å²) in [5, 5.41) is 14.4. The largest absolute Gasteiger partial charge is 0.479 e. The number of fused-ring (bicyclic) bond motifs is 1. The zero-order valence-corrected chi connectivity index (χ0v) is 14.4. The first-order valence-corrected chi connectivity index (χ1v) is 8.37. The lowest BCUT2D eigenvalue weighted by Crippen LogP contribution is -2.34. The Morgan fingerprint density at radius 2 is 1.96 bits per heavy atom. The third-order valence-corrected chi connectivity index (χ3v) is 4.13. The molecular weight excluding hydrogens is 332 g/mol. The zero-order chi connectivity index (χ0) is 18.1.